The molecule has 20 heavy (non-hydrogen) atoms. The summed E-state index contributed by atoms with van der Waals surface area (Å²) in [5.41, 5.74) is 0. The molecule has 4 nitrogen and oxygen atoms in total. The van der Waals surface area contributed by atoms with E-state index in [0.29, 0.717) is 6.04 Å². The van der Waals surface area contributed by atoms with Crippen LogP contribution < -0.4 is 5.32 Å². The van der Waals surface area contributed by atoms with Crippen molar-refractivity contribution in [1.82, 2.24) is 15.1 Å². The zero-order valence-corrected chi connectivity index (χ0v) is 13.6. The van der Waals surface area contributed by atoms with Gasteiger partial charge in [-0.3, -0.25) is 10.1 Å². The summed E-state index contributed by atoms with van der Waals surface area (Å²) in [5, 5.41) is 5.58. The molecule has 0 bridgehead atoms. The molecule has 0 saturated carbocycles. The third kappa shape index (κ3) is 3.22. The van der Waals surface area contributed by atoms with E-state index < -0.39 is 0 Å². The van der Waals surface area contributed by atoms with Crippen LogP contribution in [-0.2, 0) is 4.79 Å². The average molecular weight is 295 g/mol. The highest BCUT2D eigenvalue weighted by molar-refractivity contribution is 7.10. The molecule has 1 amide bonds. The molecule has 2 heterocycles. The number of hydrogen-bond acceptors (Lipinski definition) is 4. The number of carbonyl (C=O) groups is 1. The fraction of sp³-hybridized carbons (Fsp3) is 0.667. The smallest absolute Gasteiger partial charge is 0.241 e. The van der Waals surface area contributed by atoms with Gasteiger partial charge in [0.25, 0.3) is 0 Å². The Kier molecular flexibility index (Phi) is 5.18. The number of amides is 1. The first-order chi connectivity index (χ1) is 9.54. The predicted octanol–water partition coefficient (Wildman–Crippen LogP) is 2.30. The number of likely N-dealkylation sites (N-methyl/N-ethyl adjacent to an activating group) is 1. The van der Waals surface area contributed by atoms with Crippen LogP contribution in [-0.4, -0.2) is 48.4 Å². The van der Waals surface area contributed by atoms with E-state index in [1.807, 2.05) is 11.0 Å². The molecule has 0 aromatic carbocycles. The molecule has 3 unspecified atom stereocenters. The molecule has 1 fully saturated rings. The van der Waals surface area contributed by atoms with Gasteiger partial charge in [-0.05, 0) is 38.9 Å². The normalized spacial score (nSPS) is 24.6. The van der Waals surface area contributed by atoms with E-state index >= 15 is 0 Å². The molecule has 3 atom stereocenters. The van der Waals surface area contributed by atoms with E-state index in [1.54, 1.807) is 11.3 Å². The topological polar surface area (TPSA) is 35.6 Å². The number of nitrogens with zero attached hydrogens (tertiary/aromatic N) is 2. The largest absolute Gasteiger partial charge is 0.319 e. The number of hydrogen-bond donors (Lipinski definition) is 1. The summed E-state index contributed by atoms with van der Waals surface area (Å²) in [6.07, 6.45) is 1.98. The molecule has 1 aliphatic rings. The van der Waals surface area contributed by atoms with Crippen LogP contribution in [0, 0.1) is 0 Å². The van der Waals surface area contributed by atoms with E-state index in [0.717, 1.165) is 19.4 Å². The van der Waals surface area contributed by atoms with Gasteiger partial charge >= 0.3 is 0 Å². The molecular formula is C15H25N3OS. The van der Waals surface area contributed by atoms with E-state index in [2.05, 4.69) is 49.6 Å². The Balaban J connectivity index is 2.17. The van der Waals surface area contributed by atoms with Crippen LogP contribution in [0.5, 0.6) is 0 Å². The minimum absolute atomic E-state index is 0.0264. The highest BCUT2D eigenvalue weighted by Crippen LogP contribution is 2.30. The second-order valence-corrected chi connectivity index (χ2v) is 6.71. The van der Waals surface area contributed by atoms with Gasteiger partial charge in [0.15, 0.2) is 0 Å². The SMILES string of the molecule is CCCC1NC(c2cccs2)N(CC(C)N(C)C)C1=O. The van der Waals surface area contributed by atoms with Crippen molar-refractivity contribution in [3.05, 3.63) is 22.4 Å². The van der Waals surface area contributed by atoms with Gasteiger partial charge in [-0.15, -0.1) is 11.3 Å². The Bertz CT molecular complexity index is 432. The van der Waals surface area contributed by atoms with Gasteiger partial charge in [0, 0.05) is 17.5 Å². The fourth-order valence-electron chi connectivity index (χ4n) is 2.50. The van der Waals surface area contributed by atoms with Crippen molar-refractivity contribution in [3.8, 4) is 0 Å². The first kappa shape index (κ1) is 15.5. The van der Waals surface area contributed by atoms with Crippen LogP contribution in [0.1, 0.15) is 37.7 Å². The van der Waals surface area contributed by atoms with Crippen molar-refractivity contribution in [2.24, 2.45) is 0 Å². The molecular weight excluding hydrogens is 270 g/mol. The number of rotatable bonds is 6. The molecule has 1 N–H and O–H groups in total. The third-order valence-corrected chi connectivity index (χ3v) is 4.91. The lowest BCUT2D eigenvalue weighted by atomic mass is 10.1. The monoisotopic (exact) mass is 295 g/mol. The highest BCUT2D eigenvalue weighted by atomic mass is 32.1. The van der Waals surface area contributed by atoms with Gasteiger partial charge in [0.2, 0.25) is 5.91 Å². The Morgan fingerprint density at radius 2 is 2.25 bits per heavy atom. The standard InChI is InChI=1S/C15H25N3OS/c1-5-7-12-15(19)18(10-11(2)17(3)4)14(16-12)13-8-6-9-20-13/h6,8-9,11-12,14,16H,5,7,10H2,1-4H3. The Morgan fingerprint density at radius 3 is 2.80 bits per heavy atom. The second kappa shape index (κ2) is 6.70. The van der Waals surface area contributed by atoms with Crippen LogP contribution in [0.25, 0.3) is 0 Å². The molecule has 1 saturated heterocycles. The first-order valence-electron chi connectivity index (χ1n) is 7.31. The minimum atomic E-state index is -0.0264. The zero-order chi connectivity index (χ0) is 14.7. The van der Waals surface area contributed by atoms with Gasteiger partial charge < -0.3 is 9.80 Å². The molecule has 2 rings (SSSR count). The van der Waals surface area contributed by atoms with Crippen LogP contribution in [0.15, 0.2) is 17.5 Å². The molecule has 1 aliphatic heterocycles. The lowest BCUT2D eigenvalue weighted by molar-refractivity contribution is -0.130. The molecule has 0 spiro atoms. The maximum absolute atomic E-state index is 12.6. The van der Waals surface area contributed by atoms with Crippen LogP contribution in [0.4, 0.5) is 0 Å². The van der Waals surface area contributed by atoms with Crippen molar-refractivity contribution in [3.63, 3.8) is 0 Å². The molecule has 1 aromatic rings. The lowest BCUT2D eigenvalue weighted by Gasteiger charge is -2.29. The van der Waals surface area contributed by atoms with Crippen molar-refractivity contribution >= 4 is 17.2 Å². The maximum Gasteiger partial charge on any atom is 0.241 e. The zero-order valence-electron chi connectivity index (χ0n) is 12.8. The van der Waals surface area contributed by atoms with Gasteiger partial charge in [-0.1, -0.05) is 19.4 Å². The molecule has 5 heteroatoms. The summed E-state index contributed by atoms with van der Waals surface area (Å²) < 4.78 is 0. The number of thiophene rings is 1. The quantitative estimate of drug-likeness (QED) is 0.875. The van der Waals surface area contributed by atoms with Crippen LogP contribution >= 0.6 is 11.3 Å². The van der Waals surface area contributed by atoms with Gasteiger partial charge in [0.1, 0.15) is 6.17 Å². The molecule has 0 radical (unpaired) electrons. The third-order valence-electron chi connectivity index (χ3n) is 3.98. The molecule has 112 valence electrons. The average Bonchev–Trinajstić information content (AvgIpc) is 3.02. The van der Waals surface area contributed by atoms with Gasteiger partial charge in [0.05, 0.1) is 6.04 Å². The summed E-state index contributed by atoms with van der Waals surface area (Å²) >= 11 is 1.71. The summed E-state index contributed by atoms with van der Waals surface area (Å²) in [4.78, 5) is 18.0. The van der Waals surface area contributed by atoms with Crippen molar-refractivity contribution in [1.29, 1.82) is 0 Å². The van der Waals surface area contributed by atoms with E-state index in [9.17, 15) is 4.79 Å². The Morgan fingerprint density at radius 1 is 1.50 bits per heavy atom. The van der Waals surface area contributed by atoms with Gasteiger partial charge in [-0.25, -0.2) is 0 Å². The number of carbonyl (C=O) groups excluding carboxylic acids is 1. The Hall–Kier alpha value is -0.910. The summed E-state index contributed by atoms with van der Waals surface area (Å²) in [7, 11) is 4.12. The van der Waals surface area contributed by atoms with E-state index in [1.165, 1.54) is 4.88 Å². The van der Waals surface area contributed by atoms with E-state index in [4.69, 9.17) is 0 Å². The van der Waals surface area contributed by atoms with Crippen molar-refractivity contribution in [2.45, 2.75) is 44.9 Å². The Labute approximate surface area is 125 Å². The predicted molar refractivity (Wildman–Crippen MR) is 83.8 cm³/mol. The molecule has 0 aliphatic carbocycles. The molecule has 1 aromatic heterocycles. The summed E-state index contributed by atoms with van der Waals surface area (Å²) in [6.45, 7) is 5.05. The van der Waals surface area contributed by atoms with Crippen LogP contribution in [0.3, 0.4) is 0 Å². The summed E-state index contributed by atoms with van der Waals surface area (Å²) in [6, 6.07) is 4.48. The van der Waals surface area contributed by atoms with Crippen molar-refractivity contribution in [2.75, 3.05) is 20.6 Å². The lowest BCUT2D eigenvalue weighted by Crippen LogP contribution is -2.41. The summed E-state index contributed by atoms with van der Waals surface area (Å²) in [5.74, 6) is 0.249. The highest BCUT2D eigenvalue weighted by Gasteiger charge is 2.39. The maximum atomic E-state index is 12.6. The minimum Gasteiger partial charge on any atom is -0.319 e. The van der Waals surface area contributed by atoms with Crippen molar-refractivity contribution < 1.29 is 4.79 Å². The fourth-order valence-corrected chi connectivity index (χ4v) is 3.30. The number of nitrogens with one attached hydrogen (secondary N) is 1. The van der Waals surface area contributed by atoms with Crippen LogP contribution in [0.2, 0.25) is 0 Å². The van der Waals surface area contributed by atoms with Gasteiger partial charge in [-0.2, -0.15) is 0 Å². The second-order valence-electron chi connectivity index (χ2n) is 5.73. The first-order valence-corrected chi connectivity index (χ1v) is 8.19. The van der Waals surface area contributed by atoms with E-state index in [-0.39, 0.29) is 18.1 Å².